The van der Waals surface area contributed by atoms with Crippen molar-refractivity contribution in [1.82, 2.24) is 0 Å². The summed E-state index contributed by atoms with van der Waals surface area (Å²) < 4.78 is 12.2. The fourth-order valence-electron chi connectivity index (χ4n) is 3.00. The molecule has 0 aromatic heterocycles. The topological polar surface area (TPSA) is 47.6 Å². The molecule has 126 valence electrons. The SMILES string of the molecule is CCOc1cc(C[C@H]2C(=O)Nc3ccccc32)cc(Br)c1OCC. The van der Waals surface area contributed by atoms with Crippen molar-refractivity contribution in [1.29, 1.82) is 0 Å². The molecule has 0 fully saturated rings. The highest BCUT2D eigenvalue weighted by molar-refractivity contribution is 9.10. The first-order valence-corrected chi connectivity index (χ1v) is 8.91. The van der Waals surface area contributed by atoms with Crippen LogP contribution in [0.5, 0.6) is 11.5 Å². The quantitative estimate of drug-likeness (QED) is 0.789. The summed E-state index contributed by atoms with van der Waals surface area (Å²) in [7, 11) is 0. The summed E-state index contributed by atoms with van der Waals surface area (Å²) in [5.74, 6) is 1.27. The van der Waals surface area contributed by atoms with Crippen LogP contribution >= 0.6 is 15.9 Å². The molecule has 0 aliphatic carbocycles. The lowest BCUT2D eigenvalue weighted by Crippen LogP contribution is -2.14. The number of hydrogen-bond acceptors (Lipinski definition) is 3. The number of nitrogens with one attached hydrogen (secondary N) is 1. The lowest BCUT2D eigenvalue weighted by atomic mass is 9.93. The zero-order chi connectivity index (χ0) is 17.1. The van der Waals surface area contributed by atoms with Gasteiger partial charge in [0, 0.05) is 5.69 Å². The summed E-state index contributed by atoms with van der Waals surface area (Å²) in [6.45, 7) is 5.01. The molecule has 1 atom stereocenters. The van der Waals surface area contributed by atoms with Gasteiger partial charge < -0.3 is 14.8 Å². The Morgan fingerprint density at radius 1 is 1.12 bits per heavy atom. The second-order valence-corrected chi connectivity index (χ2v) is 6.46. The van der Waals surface area contributed by atoms with Crippen LogP contribution in [0, 0.1) is 0 Å². The van der Waals surface area contributed by atoms with Crippen LogP contribution in [0.15, 0.2) is 40.9 Å². The van der Waals surface area contributed by atoms with E-state index in [1.54, 1.807) is 0 Å². The van der Waals surface area contributed by atoms with Crippen LogP contribution in [-0.2, 0) is 11.2 Å². The van der Waals surface area contributed by atoms with Gasteiger partial charge in [0.05, 0.1) is 23.6 Å². The van der Waals surface area contributed by atoms with Crippen LogP contribution in [0.3, 0.4) is 0 Å². The van der Waals surface area contributed by atoms with E-state index in [0.29, 0.717) is 31.1 Å². The fraction of sp³-hybridized carbons (Fsp3) is 0.316. The number of para-hydroxylation sites is 1. The molecular weight excluding hydrogens is 370 g/mol. The van der Waals surface area contributed by atoms with Crippen molar-refractivity contribution in [3.8, 4) is 11.5 Å². The number of ether oxygens (including phenoxy) is 2. The Kier molecular flexibility index (Phi) is 5.09. The average Bonchev–Trinajstić information content (AvgIpc) is 2.87. The lowest BCUT2D eigenvalue weighted by Gasteiger charge is -2.16. The zero-order valence-corrected chi connectivity index (χ0v) is 15.4. The number of fused-ring (bicyclic) bond motifs is 1. The molecule has 1 aliphatic heterocycles. The Morgan fingerprint density at radius 3 is 2.62 bits per heavy atom. The first-order valence-electron chi connectivity index (χ1n) is 8.11. The molecule has 3 rings (SSSR count). The van der Waals surface area contributed by atoms with Crippen LogP contribution in [-0.4, -0.2) is 19.1 Å². The molecule has 1 amide bonds. The molecule has 0 saturated carbocycles. The van der Waals surface area contributed by atoms with Crippen LogP contribution in [0.2, 0.25) is 0 Å². The van der Waals surface area contributed by atoms with Gasteiger partial charge in [-0.2, -0.15) is 0 Å². The van der Waals surface area contributed by atoms with Crippen LogP contribution in [0.4, 0.5) is 5.69 Å². The van der Waals surface area contributed by atoms with Gasteiger partial charge in [-0.05, 0) is 65.5 Å². The lowest BCUT2D eigenvalue weighted by molar-refractivity contribution is -0.117. The monoisotopic (exact) mass is 389 g/mol. The standard InChI is InChI=1S/C19H20BrNO3/c1-3-23-17-11-12(10-15(20)18(17)24-4-2)9-14-13-7-5-6-8-16(13)21-19(14)22/h5-8,10-11,14H,3-4,9H2,1-2H3,(H,21,22)/t14-/m1/s1. The molecule has 0 bridgehead atoms. The minimum atomic E-state index is -0.180. The van der Waals surface area contributed by atoms with Gasteiger partial charge in [-0.1, -0.05) is 18.2 Å². The molecule has 0 spiro atoms. The van der Waals surface area contributed by atoms with Crippen LogP contribution < -0.4 is 14.8 Å². The summed E-state index contributed by atoms with van der Waals surface area (Å²) in [6.07, 6.45) is 0.619. The number of benzene rings is 2. The minimum absolute atomic E-state index is 0.0409. The normalized spacial score (nSPS) is 15.8. The van der Waals surface area contributed by atoms with Crippen molar-refractivity contribution in [3.63, 3.8) is 0 Å². The maximum Gasteiger partial charge on any atom is 0.232 e. The summed E-state index contributed by atoms with van der Waals surface area (Å²) >= 11 is 3.56. The van der Waals surface area contributed by atoms with Crippen molar-refractivity contribution < 1.29 is 14.3 Å². The van der Waals surface area contributed by atoms with Crippen molar-refractivity contribution in [2.24, 2.45) is 0 Å². The van der Waals surface area contributed by atoms with Crippen molar-refractivity contribution >= 4 is 27.5 Å². The Labute approximate surface area is 150 Å². The van der Waals surface area contributed by atoms with Gasteiger partial charge >= 0.3 is 0 Å². The van der Waals surface area contributed by atoms with Gasteiger partial charge in [0.15, 0.2) is 11.5 Å². The Hall–Kier alpha value is -2.01. The second-order valence-electron chi connectivity index (χ2n) is 5.60. The van der Waals surface area contributed by atoms with E-state index < -0.39 is 0 Å². The molecule has 1 aliphatic rings. The molecule has 0 unspecified atom stereocenters. The number of rotatable bonds is 6. The van der Waals surface area contributed by atoms with E-state index in [1.165, 1.54) is 0 Å². The van der Waals surface area contributed by atoms with Crippen molar-refractivity contribution in [2.45, 2.75) is 26.2 Å². The van der Waals surface area contributed by atoms with Crippen LogP contribution in [0.1, 0.15) is 30.9 Å². The first-order chi connectivity index (χ1) is 11.6. The van der Waals surface area contributed by atoms with Gasteiger partial charge in [-0.15, -0.1) is 0 Å². The number of amides is 1. The Morgan fingerprint density at radius 2 is 1.88 bits per heavy atom. The maximum absolute atomic E-state index is 12.3. The van der Waals surface area contributed by atoms with Crippen LogP contribution in [0.25, 0.3) is 0 Å². The van der Waals surface area contributed by atoms with E-state index in [4.69, 9.17) is 9.47 Å². The molecule has 1 N–H and O–H groups in total. The number of carbonyl (C=O) groups excluding carboxylic acids is 1. The van der Waals surface area contributed by atoms with Crippen molar-refractivity contribution in [3.05, 3.63) is 52.0 Å². The summed E-state index contributed by atoms with van der Waals surface area (Å²) in [5, 5.41) is 2.95. The van der Waals surface area contributed by atoms with Gasteiger partial charge in [0.1, 0.15) is 0 Å². The highest BCUT2D eigenvalue weighted by atomic mass is 79.9. The largest absolute Gasteiger partial charge is 0.490 e. The van der Waals surface area contributed by atoms with E-state index in [1.807, 2.05) is 50.2 Å². The second kappa shape index (κ2) is 7.26. The third kappa shape index (κ3) is 3.26. The summed E-state index contributed by atoms with van der Waals surface area (Å²) in [5.41, 5.74) is 2.98. The third-order valence-corrected chi connectivity index (χ3v) is 4.60. The highest BCUT2D eigenvalue weighted by Gasteiger charge is 2.30. The van der Waals surface area contributed by atoms with Gasteiger partial charge in [0.25, 0.3) is 0 Å². The third-order valence-electron chi connectivity index (χ3n) is 4.01. The minimum Gasteiger partial charge on any atom is -0.490 e. The molecule has 2 aromatic rings. The van der Waals surface area contributed by atoms with E-state index in [-0.39, 0.29) is 11.8 Å². The number of halogens is 1. The molecule has 5 heteroatoms. The molecule has 4 nitrogen and oxygen atoms in total. The maximum atomic E-state index is 12.3. The molecule has 1 heterocycles. The summed E-state index contributed by atoms with van der Waals surface area (Å²) in [6, 6.07) is 11.8. The van der Waals surface area contributed by atoms with Gasteiger partial charge in [0.2, 0.25) is 5.91 Å². The predicted octanol–water partition coefficient (Wildman–Crippen LogP) is 4.52. The van der Waals surface area contributed by atoms with Gasteiger partial charge in [-0.3, -0.25) is 4.79 Å². The molecular formula is C19H20BrNO3. The predicted molar refractivity (Wildman–Crippen MR) is 98.0 cm³/mol. The van der Waals surface area contributed by atoms with E-state index in [0.717, 1.165) is 21.3 Å². The first kappa shape index (κ1) is 16.8. The molecule has 0 radical (unpaired) electrons. The van der Waals surface area contributed by atoms with Crippen molar-refractivity contribution in [2.75, 3.05) is 18.5 Å². The molecule has 0 saturated heterocycles. The Balaban J connectivity index is 1.92. The summed E-state index contributed by atoms with van der Waals surface area (Å²) in [4.78, 5) is 12.3. The highest BCUT2D eigenvalue weighted by Crippen LogP contribution is 2.40. The number of hydrogen-bond donors (Lipinski definition) is 1. The zero-order valence-electron chi connectivity index (χ0n) is 13.8. The number of carbonyl (C=O) groups is 1. The van der Waals surface area contributed by atoms with Gasteiger partial charge in [-0.25, -0.2) is 0 Å². The van der Waals surface area contributed by atoms with E-state index >= 15 is 0 Å². The number of anilines is 1. The van der Waals surface area contributed by atoms with E-state index in [2.05, 4.69) is 21.2 Å². The fourth-order valence-corrected chi connectivity index (χ4v) is 3.60. The average molecular weight is 390 g/mol. The molecule has 24 heavy (non-hydrogen) atoms. The Bertz CT molecular complexity index is 760. The smallest absolute Gasteiger partial charge is 0.232 e. The van der Waals surface area contributed by atoms with E-state index in [9.17, 15) is 4.79 Å². The molecule has 2 aromatic carbocycles.